The SMILES string of the molecule is CCOC(=O)c1c(NC(=O)C=Cc2cc(Cl)cc(Cl)c2OC)sc(C(=O)OC)c1C. The molecule has 1 heterocycles. The molecule has 2 aromatic rings. The zero-order valence-corrected chi connectivity index (χ0v) is 19.0. The Bertz CT molecular complexity index is 1020. The molecule has 0 atom stereocenters. The highest BCUT2D eigenvalue weighted by Crippen LogP contribution is 2.35. The van der Waals surface area contributed by atoms with E-state index >= 15 is 0 Å². The highest BCUT2D eigenvalue weighted by atomic mass is 35.5. The van der Waals surface area contributed by atoms with Crippen molar-refractivity contribution in [2.24, 2.45) is 0 Å². The van der Waals surface area contributed by atoms with Gasteiger partial charge in [0, 0.05) is 16.7 Å². The Morgan fingerprint density at radius 2 is 1.87 bits per heavy atom. The van der Waals surface area contributed by atoms with E-state index in [0.717, 1.165) is 11.3 Å². The molecule has 10 heteroatoms. The first kappa shape index (κ1) is 23.7. The number of esters is 2. The highest BCUT2D eigenvalue weighted by Gasteiger charge is 2.26. The van der Waals surface area contributed by atoms with Crippen LogP contribution in [0.2, 0.25) is 10.0 Å². The second-order valence-corrected chi connectivity index (χ2v) is 7.67. The molecule has 1 N–H and O–H groups in total. The minimum absolute atomic E-state index is 0.104. The zero-order chi connectivity index (χ0) is 22.4. The smallest absolute Gasteiger partial charge is 0.348 e. The summed E-state index contributed by atoms with van der Waals surface area (Å²) in [6.45, 7) is 3.38. The molecule has 0 radical (unpaired) electrons. The van der Waals surface area contributed by atoms with Crippen molar-refractivity contribution in [2.75, 3.05) is 26.1 Å². The van der Waals surface area contributed by atoms with Crippen LogP contribution >= 0.6 is 34.5 Å². The second kappa shape index (κ2) is 10.5. The Labute approximate surface area is 187 Å². The summed E-state index contributed by atoms with van der Waals surface area (Å²) in [5.41, 5.74) is 0.966. The Morgan fingerprint density at radius 3 is 2.47 bits per heavy atom. The van der Waals surface area contributed by atoms with Crippen LogP contribution in [0, 0.1) is 6.92 Å². The molecular formula is C20H19Cl2NO6S. The summed E-state index contributed by atoms with van der Waals surface area (Å²) in [5.74, 6) is -1.45. The maximum Gasteiger partial charge on any atom is 0.348 e. The summed E-state index contributed by atoms with van der Waals surface area (Å²) in [4.78, 5) is 37.0. The van der Waals surface area contributed by atoms with E-state index < -0.39 is 17.8 Å². The van der Waals surface area contributed by atoms with Crippen molar-refractivity contribution in [1.82, 2.24) is 0 Å². The summed E-state index contributed by atoms with van der Waals surface area (Å²) >= 11 is 13.0. The van der Waals surface area contributed by atoms with Crippen molar-refractivity contribution >= 4 is 63.5 Å². The molecule has 0 fully saturated rings. The number of nitrogens with one attached hydrogen (secondary N) is 1. The molecule has 1 amide bonds. The van der Waals surface area contributed by atoms with Gasteiger partial charge in [-0.15, -0.1) is 11.3 Å². The van der Waals surface area contributed by atoms with E-state index in [1.54, 1.807) is 19.9 Å². The first-order valence-electron chi connectivity index (χ1n) is 8.64. The molecule has 0 unspecified atom stereocenters. The van der Waals surface area contributed by atoms with E-state index in [4.69, 9.17) is 37.4 Å². The van der Waals surface area contributed by atoms with E-state index in [9.17, 15) is 14.4 Å². The predicted molar refractivity (Wildman–Crippen MR) is 117 cm³/mol. The molecule has 0 saturated carbocycles. The van der Waals surface area contributed by atoms with Crippen LogP contribution in [0.15, 0.2) is 18.2 Å². The number of methoxy groups -OCH3 is 2. The Balaban J connectivity index is 2.36. The van der Waals surface area contributed by atoms with Gasteiger partial charge in [-0.05, 0) is 37.6 Å². The minimum Gasteiger partial charge on any atom is -0.495 e. The van der Waals surface area contributed by atoms with Gasteiger partial charge in [0.2, 0.25) is 5.91 Å². The summed E-state index contributed by atoms with van der Waals surface area (Å²) in [5, 5.41) is 3.46. The normalized spacial score (nSPS) is 10.7. The molecule has 0 bridgehead atoms. The van der Waals surface area contributed by atoms with Crippen LogP contribution in [0.5, 0.6) is 5.75 Å². The van der Waals surface area contributed by atoms with Gasteiger partial charge >= 0.3 is 11.9 Å². The average Bonchev–Trinajstić information content (AvgIpc) is 3.01. The molecule has 1 aromatic heterocycles. The summed E-state index contributed by atoms with van der Waals surface area (Å²) < 4.78 is 15.0. The lowest BCUT2D eigenvalue weighted by molar-refractivity contribution is -0.111. The first-order chi connectivity index (χ1) is 14.2. The lowest BCUT2D eigenvalue weighted by atomic mass is 10.1. The molecule has 7 nitrogen and oxygen atoms in total. The fraction of sp³-hybridized carbons (Fsp3) is 0.250. The number of thiophene rings is 1. The average molecular weight is 472 g/mol. The van der Waals surface area contributed by atoms with Crippen molar-refractivity contribution in [2.45, 2.75) is 13.8 Å². The lowest BCUT2D eigenvalue weighted by Crippen LogP contribution is -2.12. The second-order valence-electron chi connectivity index (χ2n) is 5.81. The third-order valence-corrected chi connectivity index (χ3v) is 5.58. The number of carbonyl (C=O) groups is 3. The van der Waals surface area contributed by atoms with Crippen LogP contribution in [0.4, 0.5) is 5.00 Å². The number of anilines is 1. The van der Waals surface area contributed by atoms with E-state index in [1.807, 2.05) is 0 Å². The summed E-state index contributed by atoms with van der Waals surface area (Å²) in [7, 11) is 2.68. The van der Waals surface area contributed by atoms with Gasteiger partial charge in [0.05, 0.1) is 31.4 Å². The van der Waals surface area contributed by atoms with Crippen molar-refractivity contribution in [3.05, 3.63) is 49.8 Å². The Kier molecular flexibility index (Phi) is 8.28. The Morgan fingerprint density at radius 1 is 1.17 bits per heavy atom. The molecule has 2 rings (SSSR count). The molecule has 0 saturated heterocycles. The third-order valence-electron chi connectivity index (χ3n) is 3.89. The zero-order valence-electron chi connectivity index (χ0n) is 16.6. The van der Waals surface area contributed by atoms with Gasteiger partial charge < -0.3 is 19.5 Å². The van der Waals surface area contributed by atoms with Gasteiger partial charge in [-0.2, -0.15) is 0 Å². The number of hydrogen-bond donors (Lipinski definition) is 1. The largest absolute Gasteiger partial charge is 0.495 e. The number of amides is 1. The first-order valence-corrected chi connectivity index (χ1v) is 10.2. The third kappa shape index (κ3) is 5.33. The van der Waals surface area contributed by atoms with Gasteiger partial charge in [0.25, 0.3) is 0 Å². The monoisotopic (exact) mass is 471 g/mol. The van der Waals surface area contributed by atoms with Crippen molar-refractivity contribution in [3.8, 4) is 5.75 Å². The number of ether oxygens (including phenoxy) is 3. The van der Waals surface area contributed by atoms with E-state index in [0.29, 0.717) is 26.9 Å². The summed E-state index contributed by atoms with van der Waals surface area (Å²) in [6.07, 6.45) is 2.70. The van der Waals surface area contributed by atoms with E-state index in [2.05, 4.69) is 5.32 Å². The van der Waals surface area contributed by atoms with E-state index in [1.165, 1.54) is 32.4 Å². The topological polar surface area (TPSA) is 90.9 Å². The molecular weight excluding hydrogens is 453 g/mol. The van der Waals surface area contributed by atoms with Gasteiger partial charge in [0.15, 0.2) is 0 Å². The van der Waals surface area contributed by atoms with Crippen LogP contribution in [0.1, 0.15) is 38.1 Å². The number of rotatable bonds is 7. The van der Waals surface area contributed by atoms with E-state index in [-0.39, 0.29) is 22.0 Å². The van der Waals surface area contributed by atoms with Gasteiger partial charge in [0.1, 0.15) is 15.6 Å². The van der Waals surface area contributed by atoms with Gasteiger partial charge in [-0.1, -0.05) is 23.2 Å². The highest BCUT2D eigenvalue weighted by molar-refractivity contribution is 7.18. The van der Waals surface area contributed by atoms with Crippen LogP contribution in [-0.4, -0.2) is 38.7 Å². The Hall–Kier alpha value is -2.55. The fourth-order valence-corrected chi connectivity index (χ4v) is 4.28. The van der Waals surface area contributed by atoms with Crippen molar-refractivity contribution < 1.29 is 28.6 Å². The van der Waals surface area contributed by atoms with Crippen LogP contribution in [0.25, 0.3) is 6.08 Å². The quantitative estimate of drug-likeness (QED) is 0.451. The molecule has 160 valence electrons. The maximum absolute atomic E-state index is 12.5. The number of hydrogen-bond acceptors (Lipinski definition) is 7. The van der Waals surface area contributed by atoms with Gasteiger partial charge in [-0.3, -0.25) is 4.79 Å². The number of halogens is 2. The predicted octanol–water partition coefficient (Wildman–Crippen LogP) is 4.99. The number of carbonyl (C=O) groups excluding carboxylic acids is 3. The molecule has 0 aliphatic carbocycles. The number of benzene rings is 1. The molecule has 0 spiro atoms. The van der Waals surface area contributed by atoms with Crippen molar-refractivity contribution in [1.29, 1.82) is 0 Å². The van der Waals surface area contributed by atoms with Crippen LogP contribution in [-0.2, 0) is 14.3 Å². The standard InChI is InChI=1S/C20H19Cl2NO6S/c1-5-29-19(25)15-10(2)17(20(26)28-4)30-18(15)23-14(24)7-6-11-8-12(21)9-13(22)16(11)27-3/h6-9H,5H2,1-4H3,(H,23,24). The molecule has 30 heavy (non-hydrogen) atoms. The van der Waals surface area contributed by atoms with Crippen LogP contribution in [0.3, 0.4) is 0 Å². The summed E-state index contributed by atoms with van der Waals surface area (Å²) in [6, 6.07) is 3.11. The fourth-order valence-electron chi connectivity index (χ4n) is 2.58. The minimum atomic E-state index is -0.649. The van der Waals surface area contributed by atoms with Crippen molar-refractivity contribution in [3.63, 3.8) is 0 Å². The van der Waals surface area contributed by atoms with Crippen LogP contribution < -0.4 is 10.1 Å². The molecule has 0 aliphatic heterocycles. The van der Waals surface area contributed by atoms with Gasteiger partial charge in [-0.25, -0.2) is 9.59 Å². The lowest BCUT2D eigenvalue weighted by Gasteiger charge is -2.08. The maximum atomic E-state index is 12.5. The molecule has 0 aliphatic rings. The molecule has 1 aromatic carbocycles.